The van der Waals surface area contributed by atoms with Crippen molar-refractivity contribution in [1.29, 1.82) is 0 Å². The average Bonchev–Trinajstić information content (AvgIpc) is 2.56. The Morgan fingerprint density at radius 3 is 1.16 bits per heavy atom. The number of hydrogen-bond acceptors (Lipinski definition) is 2. The van der Waals surface area contributed by atoms with Crippen molar-refractivity contribution < 1.29 is 9.47 Å². The Bertz CT molecular complexity index is 133. The Hall–Kier alpha value is -0.860. The first-order valence-corrected chi connectivity index (χ1v) is 7.48. The Morgan fingerprint density at radius 2 is 0.947 bits per heavy atom. The monoisotopic (exact) mass is 272 g/mol. The maximum atomic E-state index is 4.95. The lowest BCUT2D eigenvalue weighted by molar-refractivity contribution is 0.0777. The predicted molar refractivity (Wildman–Crippen MR) is 88.9 cm³/mol. The molecule has 1 aromatic carbocycles. The zero-order valence-corrected chi connectivity index (χ0v) is 14.4. The third-order valence-corrected chi connectivity index (χ3v) is 1.30. The van der Waals surface area contributed by atoms with E-state index in [1.165, 1.54) is 0 Å². The minimum Gasteiger partial charge on any atom is -0.382 e. The zero-order valence-electron chi connectivity index (χ0n) is 14.4. The van der Waals surface area contributed by atoms with E-state index in [4.69, 9.17) is 9.47 Å². The molecule has 0 atom stereocenters. The van der Waals surface area contributed by atoms with Crippen LogP contribution in [-0.2, 0) is 9.47 Å². The molecule has 0 aromatic heterocycles. The second-order valence-electron chi connectivity index (χ2n) is 2.34. The molecule has 19 heavy (non-hydrogen) atoms. The van der Waals surface area contributed by atoms with Crippen molar-refractivity contribution in [2.75, 3.05) is 26.9 Å². The minimum atomic E-state index is 0.702. The van der Waals surface area contributed by atoms with Gasteiger partial charge in [-0.05, 0) is 6.92 Å². The van der Waals surface area contributed by atoms with Crippen LogP contribution >= 0.6 is 0 Å². The van der Waals surface area contributed by atoms with Crippen molar-refractivity contribution in [2.24, 2.45) is 0 Å². The zero-order chi connectivity index (χ0) is 15.8. The Labute approximate surface area is 122 Å². The Kier molecular flexibility index (Phi) is 60.9. The van der Waals surface area contributed by atoms with Crippen LogP contribution in [-0.4, -0.2) is 26.9 Å². The van der Waals surface area contributed by atoms with E-state index in [9.17, 15) is 0 Å². The molecule has 0 aliphatic rings. The van der Waals surface area contributed by atoms with E-state index in [2.05, 4.69) is 0 Å². The van der Waals surface area contributed by atoms with Gasteiger partial charge in [0.25, 0.3) is 0 Å². The molecule has 2 nitrogen and oxygen atoms in total. The van der Waals surface area contributed by atoms with Gasteiger partial charge in [-0.2, -0.15) is 0 Å². The largest absolute Gasteiger partial charge is 0.382 e. The highest BCUT2D eigenvalue weighted by atomic mass is 16.5. The molecule has 0 spiro atoms. The van der Waals surface area contributed by atoms with E-state index < -0.39 is 0 Å². The van der Waals surface area contributed by atoms with Gasteiger partial charge in [0.2, 0.25) is 0 Å². The molecule has 1 aromatic rings. The SMILES string of the molecule is CC.CC.CC.CCOCCOC.c1ccccc1. The van der Waals surface area contributed by atoms with E-state index in [-0.39, 0.29) is 0 Å². The fourth-order valence-electron chi connectivity index (χ4n) is 0.671. The Balaban J connectivity index is -0.0000000854. The fraction of sp³-hybridized carbons (Fsp3) is 0.647. The molecule has 0 N–H and O–H groups in total. The molecule has 2 heteroatoms. The third kappa shape index (κ3) is 47.0. The van der Waals surface area contributed by atoms with Crippen LogP contribution in [0.5, 0.6) is 0 Å². The maximum Gasteiger partial charge on any atom is 0.0700 e. The molecule has 0 fully saturated rings. The van der Waals surface area contributed by atoms with E-state index in [0.29, 0.717) is 13.2 Å². The number of ether oxygens (including phenoxy) is 2. The maximum absolute atomic E-state index is 4.95. The highest BCUT2D eigenvalue weighted by Gasteiger charge is 1.78. The van der Waals surface area contributed by atoms with Gasteiger partial charge < -0.3 is 9.47 Å². The van der Waals surface area contributed by atoms with Crippen molar-refractivity contribution in [3.8, 4) is 0 Å². The lowest BCUT2D eigenvalue weighted by atomic mass is 10.4. The van der Waals surface area contributed by atoms with E-state index in [1.54, 1.807) is 7.11 Å². The van der Waals surface area contributed by atoms with E-state index in [0.717, 1.165) is 6.61 Å². The first-order valence-electron chi connectivity index (χ1n) is 7.48. The first kappa shape index (κ1) is 26.7. The summed E-state index contributed by atoms with van der Waals surface area (Å²) >= 11 is 0. The van der Waals surface area contributed by atoms with Crippen molar-refractivity contribution in [2.45, 2.75) is 48.5 Å². The molecule has 0 radical (unpaired) electrons. The van der Waals surface area contributed by atoms with Gasteiger partial charge in [0.05, 0.1) is 13.2 Å². The fourth-order valence-corrected chi connectivity index (χ4v) is 0.671. The molecule has 0 saturated heterocycles. The van der Waals surface area contributed by atoms with Gasteiger partial charge in [0.15, 0.2) is 0 Å². The molecule has 116 valence electrons. The molecule has 1 rings (SSSR count). The van der Waals surface area contributed by atoms with Gasteiger partial charge in [-0.1, -0.05) is 77.9 Å². The van der Waals surface area contributed by atoms with Gasteiger partial charge in [0.1, 0.15) is 0 Å². The summed E-state index contributed by atoms with van der Waals surface area (Å²) in [5.74, 6) is 0. The lowest BCUT2D eigenvalue weighted by Crippen LogP contribution is -2.00. The molecule has 0 bridgehead atoms. The Morgan fingerprint density at radius 1 is 0.632 bits per heavy atom. The summed E-state index contributed by atoms with van der Waals surface area (Å²) in [5, 5.41) is 0. The second-order valence-corrected chi connectivity index (χ2v) is 2.34. The van der Waals surface area contributed by atoms with Gasteiger partial charge in [-0.25, -0.2) is 0 Å². The quantitative estimate of drug-likeness (QED) is 0.680. The number of rotatable bonds is 4. The van der Waals surface area contributed by atoms with E-state index in [1.807, 2.05) is 84.9 Å². The molecule has 0 unspecified atom stereocenters. The molecule has 0 saturated carbocycles. The van der Waals surface area contributed by atoms with Crippen molar-refractivity contribution in [1.82, 2.24) is 0 Å². The summed E-state index contributed by atoms with van der Waals surface area (Å²) in [5.41, 5.74) is 0. The summed E-state index contributed by atoms with van der Waals surface area (Å²) < 4.78 is 9.67. The molecule has 0 amide bonds. The topological polar surface area (TPSA) is 18.5 Å². The van der Waals surface area contributed by atoms with E-state index >= 15 is 0 Å². The first-order chi connectivity index (χ1) is 9.41. The highest BCUT2D eigenvalue weighted by molar-refractivity contribution is 4.99. The number of benzene rings is 1. The second kappa shape index (κ2) is 43.4. The standard InChI is InChI=1S/C6H6.C5H12O2.3C2H6/c1-2-4-6-5-3-1;1-3-7-5-4-6-2;3*1-2/h1-6H;3-5H2,1-2H3;3*1-2H3. The molecule has 0 aliphatic heterocycles. The summed E-state index contributed by atoms with van der Waals surface area (Å²) in [6.07, 6.45) is 0. The molecule has 0 heterocycles. The summed E-state index contributed by atoms with van der Waals surface area (Å²) in [7, 11) is 1.67. The van der Waals surface area contributed by atoms with Gasteiger partial charge in [0, 0.05) is 13.7 Å². The van der Waals surface area contributed by atoms with Crippen molar-refractivity contribution in [3.05, 3.63) is 36.4 Å². The van der Waals surface area contributed by atoms with Crippen LogP contribution in [0.1, 0.15) is 48.5 Å². The van der Waals surface area contributed by atoms with Crippen LogP contribution in [0, 0.1) is 0 Å². The predicted octanol–water partition coefficient (Wildman–Crippen LogP) is 5.43. The van der Waals surface area contributed by atoms with Gasteiger partial charge >= 0.3 is 0 Å². The minimum absolute atomic E-state index is 0.702. The van der Waals surface area contributed by atoms with Crippen molar-refractivity contribution in [3.63, 3.8) is 0 Å². The van der Waals surface area contributed by atoms with Crippen LogP contribution in [0.2, 0.25) is 0 Å². The molecule has 0 aliphatic carbocycles. The number of methoxy groups -OCH3 is 1. The molecular weight excluding hydrogens is 236 g/mol. The van der Waals surface area contributed by atoms with Gasteiger partial charge in [-0.3, -0.25) is 0 Å². The number of hydrogen-bond donors (Lipinski definition) is 0. The van der Waals surface area contributed by atoms with Crippen LogP contribution < -0.4 is 0 Å². The third-order valence-electron chi connectivity index (χ3n) is 1.30. The van der Waals surface area contributed by atoms with Crippen LogP contribution in [0.4, 0.5) is 0 Å². The lowest BCUT2D eigenvalue weighted by Gasteiger charge is -1.96. The molecular formula is C17H36O2. The van der Waals surface area contributed by atoms with Crippen LogP contribution in [0.25, 0.3) is 0 Å². The average molecular weight is 272 g/mol. The summed E-state index contributed by atoms with van der Waals surface area (Å²) in [6.45, 7) is 16.2. The summed E-state index contributed by atoms with van der Waals surface area (Å²) in [6, 6.07) is 12.0. The normalized spacial score (nSPS) is 6.95. The summed E-state index contributed by atoms with van der Waals surface area (Å²) in [4.78, 5) is 0. The van der Waals surface area contributed by atoms with Crippen LogP contribution in [0.15, 0.2) is 36.4 Å². The van der Waals surface area contributed by atoms with Gasteiger partial charge in [-0.15, -0.1) is 0 Å². The van der Waals surface area contributed by atoms with Crippen LogP contribution in [0.3, 0.4) is 0 Å². The smallest absolute Gasteiger partial charge is 0.0700 e. The van der Waals surface area contributed by atoms with Crippen molar-refractivity contribution >= 4 is 0 Å². The highest BCUT2D eigenvalue weighted by Crippen LogP contribution is 1.79.